The Morgan fingerprint density at radius 1 is 1.19 bits per heavy atom. The molecule has 0 aliphatic carbocycles. The highest BCUT2D eigenvalue weighted by Gasteiger charge is 2.30. The first-order valence-electron chi connectivity index (χ1n) is 7.87. The summed E-state index contributed by atoms with van der Waals surface area (Å²) in [5, 5.41) is 22.3. The van der Waals surface area contributed by atoms with Crippen LogP contribution in [0.5, 0.6) is 5.75 Å². The van der Waals surface area contributed by atoms with E-state index in [1.54, 1.807) is 24.3 Å². The molecule has 0 spiro atoms. The zero-order valence-electron chi connectivity index (χ0n) is 13.8. The van der Waals surface area contributed by atoms with Crippen LogP contribution >= 0.6 is 0 Å². The third-order valence-corrected chi connectivity index (χ3v) is 4.17. The van der Waals surface area contributed by atoms with E-state index in [1.807, 2.05) is 0 Å². The van der Waals surface area contributed by atoms with Gasteiger partial charge in [0.25, 0.3) is 5.69 Å². The summed E-state index contributed by atoms with van der Waals surface area (Å²) in [5.74, 6) is -1.60. The second-order valence-corrected chi connectivity index (χ2v) is 5.92. The molecule has 1 atom stereocenters. The number of aromatic hydroxyl groups is 1. The number of Topliss-reactive ketones (excluding diaryl/α,β-unsaturated/α-hetero) is 1. The number of nitro groups is 1. The number of hydrogen-bond donors (Lipinski definition) is 1. The number of ketones is 1. The van der Waals surface area contributed by atoms with Gasteiger partial charge in [-0.15, -0.1) is 0 Å². The minimum absolute atomic E-state index is 0.159. The van der Waals surface area contributed by atoms with Crippen molar-refractivity contribution in [2.45, 2.75) is 19.3 Å². The second kappa shape index (κ2) is 6.79. The minimum Gasteiger partial charge on any atom is -0.507 e. The van der Waals surface area contributed by atoms with E-state index >= 15 is 0 Å². The van der Waals surface area contributed by atoms with Crippen LogP contribution in [-0.2, 0) is 4.79 Å². The van der Waals surface area contributed by atoms with E-state index in [0.717, 1.165) is 0 Å². The van der Waals surface area contributed by atoms with Gasteiger partial charge in [0.05, 0.1) is 15.9 Å². The average Bonchev–Trinajstić information content (AvgIpc) is 2.60. The molecule has 26 heavy (non-hydrogen) atoms. The van der Waals surface area contributed by atoms with Crippen molar-refractivity contribution in [3.05, 3.63) is 80.2 Å². The van der Waals surface area contributed by atoms with Crippen molar-refractivity contribution in [1.29, 1.82) is 0 Å². The maximum Gasteiger partial charge on any atom is 0.343 e. The summed E-state index contributed by atoms with van der Waals surface area (Å²) in [6, 6.07) is 12.3. The lowest BCUT2D eigenvalue weighted by Gasteiger charge is -2.17. The Morgan fingerprint density at radius 3 is 2.54 bits per heavy atom. The summed E-state index contributed by atoms with van der Waals surface area (Å²) in [4.78, 5) is 35.1. The van der Waals surface area contributed by atoms with Crippen LogP contribution in [0.2, 0.25) is 0 Å². The highest BCUT2D eigenvalue weighted by atomic mass is 16.6. The highest BCUT2D eigenvalue weighted by Crippen LogP contribution is 2.39. The molecule has 0 saturated carbocycles. The van der Waals surface area contributed by atoms with E-state index in [2.05, 4.69) is 0 Å². The minimum atomic E-state index is -0.991. The van der Waals surface area contributed by atoms with Crippen molar-refractivity contribution >= 4 is 22.4 Å². The molecule has 7 heteroatoms. The van der Waals surface area contributed by atoms with Crippen LogP contribution in [0.15, 0.2) is 57.7 Å². The number of fused-ring (bicyclic) bond motifs is 1. The van der Waals surface area contributed by atoms with E-state index < -0.39 is 16.5 Å². The number of carbonyl (C=O) groups excluding carboxylic acids is 1. The molecular weight excluding hydrogens is 338 g/mol. The molecule has 0 radical (unpaired) electrons. The summed E-state index contributed by atoms with van der Waals surface area (Å²) >= 11 is 0. The van der Waals surface area contributed by atoms with Gasteiger partial charge in [-0.3, -0.25) is 14.9 Å². The number of benzene rings is 2. The smallest absolute Gasteiger partial charge is 0.343 e. The molecule has 1 N–H and O–H groups in total. The molecule has 0 bridgehead atoms. The van der Waals surface area contributed by atoms with Gasteiger partial charge in [0, 0.05) is 24.0 Å². The van der Waals surface area contributed by atoms with Crippen molar-refractivity contribution in [3.8, 4) is 5.75 Å². The maximum absolute atomic E-state index is 12.5. The Hall–Kier alpha value is -3.48. The summed E-state index contributed by atoms with van der Waals surface area (Å²) in [5.41, 5.74) is -0.849. The fourth-order valence-electron chi connectivity index (χ4n) is 3.06. The summed E-state index contributed by atoms with van der Waals surface area (Å²) in [7, 11) is 0. The van der Waals surface area contributed by atoms with Gasteiger partial charge in [0.15, 0.2) is 0 Å². The standard InChI is InChI=1S/C19H15NO6/c1-11(21)10-14(12-6-2-4-8-15(12)20(24)25)17-18(22)13-7-3-5-9-16(13)26-19(17)23/h2-9,14,22H,10H2,1H3/t14-/m0/s1. The second-order valence-electron chi connectivity index (χ2n) is 5.92. The Labute approximate surface area is 147 Å². The number of carbonyl (C=O) groups is 1. The normalized spacial score (nSPS) is 12.0. The first kappa shape index (κ1) is 17.3. The number of nitrogens with zero attached hydrogens (tertiary/aromatic N) is 1. The molecule has 0 aliphatic heterocycles. The fourth-order valence-corrected chi connectivity index (χ4v) is 3.06. The first-order valence-corrected chi connectivity index (χ1v) is 7.87. The van der Waals surface area contributed by atoms with Crippen LogP contribution < -0.4 is 5.63 Å². The van der Waals surface area contributed by atoms with Crippen molar-refractivity contribution in [1.82, 2.24) is 0 Å². The number of nitro benzene ring substituents is 1. The molecular formula is C19H15NO6. The zero-order chi connectivity index (χ0) is 18.8. The van der Waals surface area contributed by atoms with E-state index in [1.165, 1.54) is 31.2 Å². The Balaban J connectivity index is 2.32. The van der Waals surface area contributed by atoms with Crippen LogP contribution in [0, 0.1) is 10.1 Å². The molecule has 3 aromatic rings. The summed E-state index contributed by atoms with van der Waals surface area (Å²) < 4.78 is 5.26. The molecule has 0 fully saturated rings. The monoisotopic (exact) mass is 353 g/mol. The average molecular weight is 353 g/mol. The van der Waals surface area contributed by atoms with Gasteiger partial charge in [0.1, 0.15) is 17.1 Å². The van der Waals surface area contributed by atoms with Crippen LogP contribution in [0.4, 0.5) is 5.69 Å². The molecule has 132 valence electrons. The van der Waals surface area contributed by atoms with Crippen LogP contribution in [-0.4, -0.2) is 15.8 Å². The number of para-hydroxylation sites is 2. The molecule has 0 aliphatic rings. The van der Waals surface area contributed by atoms with Gasteiger partial charge in [-0.1, -0.05) is 30.3 Å². The van der Waals surface area contributed by atoms with Gasteiger partial charge in [-0.25, -0.2) is 4.79 Å². The molecule has 0 amide bonds. The SMILES string of the molecule is CC(=O)C[C@@H](c1ccccc1[N+](=O)[O-])c1c(O)c2ccccc2oc1=O. The van der Waals surface area contributed by atoms with Crippen LogP contribution in [0.25, 0.3) is 11.0 Å². The quantitative estimate of drug-likeness (QED) is 0.427. The zero-order valence-corrected chi connectivity index (χ0v) is 13.8. The van der Waals surface area contributed by atoms with E-state index in [4.69, 9.17) is 4.42 Å². The third kappa shape index (κ3) is 3.06. The maximum atomic E-state index is 12.5. The fraction of sp³-hybridized carbons (Fsp3) is 0.158. The molecule has 0 unspecified atom stereocenters. The van der Waals surface area contributed by atoms with Crippen LogP contribution in [0.1, 0.15) is 30.4 Å². The predicted octanol–water partition coefficient (Wildman–Crippen LogP) is 3.52. The van der Waals surface area contributed by atoms with E-state index in [9.17, 15) is 24.8 Å². The lowest BCUT2D eigenvalue weighted by molar-refractivity contribution is -0.385. The third-order valence-electron chi connectivity index (χ3n) is 4.17. The number of hydrogen-bond acceptors (Lipinski definition) is 6. The van der Waals surface area contributed by atoms with Gasteiger partial charge < -0.3 is 9.52 Å². The number of rotatable bonds is 5. The lowest BCUT2D eigenvalue weighted by Crippen LogP contribution is -2.17. The molecule has 1 heterocycles. The Bertz CT molecular complexity index is 1070. The van der Waals surface area contributed by atoms with Gasteiger partial charge >= 0.3 is 5.63 Å². The largest absolute Gasteiger partial charge is 0.507 e. The van der Waals surface area contributed by atoms with Crippen LogP contribution in [0.3, 0.4) is 0 Å². The molecule has 0 saturated heterocycles. The molecule has 7 nitrogen and oxygen atoms in total. The Kier molecular flexibility index (Phi) is 4.53. The molecule has 1 aromatic heterocycles. The predicted molar refractivity (Wildman–Crippen MR) is 94.4 cm³/mol. The van der Waals surface area contributed by atoms with Crippen molar-refractivity contribution in [2.75, 3.05) is 0 Å². The van der Waals surface area contributed by atoms with E-state index in [-0.39, 0.29) is 40.4 Å². The Morgan fingerprint density at radius 2 is 1.85 bits per heavy atom. The molecule has 3 rings (SSSR count). The van der Waals surface area contributed by atoms with Crippen molar-refractivity contribution < 1.29 is 19.2 Å². The summed E-state index contributed by atoms with van der Waals surface area (Å²) in [6.45, 7) is 1.32. The highest BCUT2D eigenvalue weighted by molar-refractivity contribution is 5.85. The van der Waals surface area contributed by atoms with Gasteiger partial charge in [0.2, 0.25) is 0 Å². The van der Waals surface area contributed by atoms with Crippen molar-refractivity contribution in [2.24, 2.45) is 0 Å². The van der Waals surface area contributed by atoms with Gasteiger partial charge in [-0.05, 0) is 19.1 Å². The molecule has 2 aromatic carbocycles. The van der Waals surface area contributed by atoms with Gasteiger partial charge in [-0.2, -0.15) is 0 Å². The van der Waals surface area contributed by atoms with E-state index in [0.29, 0.717) is 5.39 Å². The first-order chi connectivity index (χ1) is 12.4. The topological polar surface area (TPSA) is 111 Å². The summed E-state index contributed by atoms with van der Waals surface area (Å²) in [6.07, 6.45) is -0.179. The van der Waals surface area contributed by atoms with Crippen molar-refractivity contribution in [3.63, 3.8) is 0 Å². The lowest BCUT2D eigenvalue weighted by atomic mass is 9.86.